The molecule has 0 aliphatic rings. The largest absolute Gasteiger partial charge is 0.385 e. The summed E-state index contributed by atoms with van der Waals surface area (Å²) in [6, 6.07) is 9.33. The molecule has 1 unspecified atom stereocenters. The standard InChI is InChI=1S/C18H31NO/c1-15(2)19-14-17(10-7-8-12-20-4)13-18-11-6-5-9-16(18)3/h5-6,9,11,15,17,19H,7-8,10,12-14H2,1-4H3. The second kappa shape index (κ2) is 9.95. The molecule has 1 aromatic carbocycles. The van der Waals surface area contributed by atoms with E-state index in [9.17, 15) is 0 Å². The number of unbranched alkanes of at least 4 members (excludes halogenated alkanes) is 1. The van der Waals surface area contributed by atoms with E-state index in [2.05, 4.69) is 50.4 Å². The van der Waals surface area contributed by atoms with Gasteiger partial charge in [-0.05, 0) is 49.8 Å². The highest BCUT2D eigenvalue weighted by molar-refractivity contribution is 5.25. The minimum atomic E-state index is 0.563. The molecule has 0 fully saturated rings. The van der Waals surface area contributed by atoms with Crippen LogP contribution in [0.2, 0.25) is 0 Å². The van der Waals surface area contributed by atoms with Crippen molar-refractivity contribution in [2.45, 2.75) is 52.5 Å². The molecule has 2 heteroatoms. The zero-order chi connectivity index (χ0) is 14.8. The molecule has 0 aliphatic heterocycles. The van der Waals surface area contributed by atoms with Crippen LogP contribution in [-0.4, -0.2) is 26.3 Å². The van der Waals surface area contributed by atoms with Crippen molar-refractivity contribution in [3.8, 4) is 0 Å². The molecule has 1 aromatic rings. The SMILES string of the molecule is COCCCCC(CNC(C)C)Cc1ccccc1C. The summed E-state index contributed by atoms with van der Waals surface area (Å²) in [5, 5.41) is 3.59. The fourth-order valence-electron chi connectivity index (χ4n) is 2.51. The molecule has 0 aliphatic carbocycles. The zero-order valence-electron chi connectivity index (χ0n) is 13.6. The second-order valence-electron chi connectivity index (χ2n) is 6.05. The third-order valence-corrected chi connectivity index (χ3v) is 3.80. The van der Waals surface area contributed by atoms with Gasteiger partial charge in [0, 0.05) is 19.8 Å². The summed E-state index contributed by atoms with van der Waals surface area (Å²) >= 11 is 0. The van der Waals surface area contributed by atoms with Crippen molar-refractivity contribution >= 4 is 0 Å². The highest BCUT2D eigenvalue weighted by Crippen LogP contribution is 2.18. The molecule has 1 rings (SSSR count). The maximum absolute atomic E-state index is 5.14. The van der Waals surface area contributed by atoms with Gasteiger partial charge >= 0.3 is 0 Å². The highest BCUT2D eigenvalue weighted by atomic mass is 16.5. The quantitative estimate of drug-likeness (QED) is 0.653. The normalized spacial score (nSPS) is 12.8. The lowest BCUT2D eigenvalue weighted by molar-refractivity contribution is 0.190. The van der Waals surface area contributed by atoms with Gasteiger partial charge in [-0.15, -0.1) is 0 Å². The van der Waals surface area contributed by atoms with E-state index in [0.717, 1.165) is 19.1 Å². The van der Waals surface area contributed by atoms with E-state index in [-0.39, 0.29) is 0 Å². The number of ether oxygens (including phenoxy) is 1. The molecule has 0 saturated carbocycles. The molecule has 2 nitrogen and oxygen atoms in total. The summed E-state index contributed by atoms with van der Waals surface area (Å²) in [4.78, 5) is 0. The number of methoxy groups -OCH3 is 1. The van der Waals surface area contributed by atoms with Gasteiger partial charge in [0.1, 0.15) is 0 Å². The number of hydrogen-bond donors (Lipinski definition) is 1. The Morgan fingerprint density at radius 2 is 1.90 bits per heavy atom. The fourth-order valence-corrected chi connectivity index (χ4v) is 2.51. The van der Waals surface area contributed by atoms with Crippen LogP contribution in [0.25, 0.3) is 0 Å². The third-order valence-electron chi connectivity index (χ3n) is 3.80. The summed E-state index contributed by atoms with van der Waals surface area (Å²) in [5.74, 6) is 0.718. The predicted octanol–water partition coefficient (Wildman–Crippen LogP) is 3.97. The lowest BCUT2D eigenvalue weighted by Gasteiger charge is -2.20. The monoisotopic (exact) mass is 277 g/mol. The van der Waals surface area contributed by atoms with E-state index in [1.165, 1.54) is 36.8 Å². The van der Waals surface area contributed by atoms with E-state index in [1.54, 1.807) is 7.11 Å². The average Bonchev–Trinajstić information content (AvgIpc) is 2.42. The highest BCUT2D eigenvalue weighted by Gasteiger charge is 2.11. The van der Waals surface area contributed by atoms with Crippen LogP contribution in [-0.2, 0) is 11.2 Å². The number of aryl methyl sites for hydroxylation is 1. The molecule has 0 radical (unpaired) electrons. The lowest BCUT2D eigenvalue weighted by Crippen LogP contribution is -2.30. The van der Waals surface area contributed by atoms with Gasteiger partial charge in [-0.1, -0.05) is 44.5 Å². The van der Waals surface area contributed by atoms with Crippen molar-refractivity contribution < 1.29 is 4.74 Å². The summed E-state index contributed by atoms with van der Waals surface area (Å²) in [7, 11) is 1.78. The molecule has 0 saturated heterocycles. The Balaban J connectivity index is 2.50. The van der Waals surface area contributed by atoms with Crippen LogP contribution in [0.3, 0.4) is 0 Å². The summed E-state index contributed by atoms with van der Waals surface area (Å²) in [6.45, 7) is 8.65. The maximum Gasteiger partial charge on any atom is 0.0462 e. The number of benzene rings is 1. The second-order valence-corrected chi connectivity index (χ2v) is 6.05. The Kier molecular flexibility index (Phi) is 8.56. The van der Waals surface area contributed by atoms with E-state index < -0.39 is 0 Å². The summed E-state index contributed by atoms with van der Waals surface area (Å²) in [6.07, 6.45) is 4.88. The van der Waals surface area contributed by atoms with Crippen molar-refractivity contribution in [1.29, 1.82) is 0 Å². The van der Waals surface area contributed by atoms with Gasteiger partial charge in [0.15, 0.2) is 0 Å². The van der Waals surface area contributed by atoms with Gasteiger partial charge in [0.25, 0.3) is 0 Å². The maximum atomic E-state index is 5.14. The molecule has 1 atom stereocenters. The first-order valence-electron chi connectivity index (χ1n) is 7.90. The van der Waals surface area contributed by atoms with Gasteiger partial charge in [-0.25, -0.2) is 0 Å². The van der Waals surface area contributed by atoms with Gasteiger partial charge in [-0.2, -0.15) is 0 Å². The topological polar surface area (TPSA) is 21.3 Å². The number of nitrogens with one attached hydrogen (secondary N) is 1. The molecule has 0 spiro atoms. The molecule has 1 N–H and O–H groups in total. The van der Waals surface area contributed by atoms with E-state index >= 15 is 0 Å². The van der Waals surface area contributed by atoms with Crippen LogP contribution in [0.4, 0.5) is 0 Å². The van der Waals surface area contributed by atoms with Gasteiger partial charge in [-0.3, -0.25) is 0 Å². The van der Waals surface area contributed by atoms with Crippen LogP contribution in [0.5, 0.6) is 0 Å². The van der Waals surface area contributed by atoms with Crippen LogP contribution in [0.1, 0.15) is 44.2 Å². The molecule has 0 aromatic heterocycles. The zero-order valence-corrected chi connectivity index (χ0v) is 13.6. The minimum absolute atomic E-state index is 0.563. The molecular weight excluding hydrogens is 246 g/mol. The van der Waals surface area contributed by atoms with E-state index in [1.807, 2.05) is 0 Å². The fraction of sp³-hybridized carbons (Fsp3) is 0.667. The van der Waals surface area contributed by atoms with Crippen LogP contribution >= 0.6 is 0 Å². The van der Waals surface area contributed by atoms with Crippen molar-refractivity contribution in [3.05, 3.63) is 35.4 Å². The van der Waals surface area contributed by atoms with Gasteiger partial charge < -0.3 is 10.1 Å². The number of rotatable bonds is 10. The molecule has 114 valence electrons. The average molecular weight is 277 g/mol. The smallest absolute Gasteiger partial charge is 0.0462 e. The van der Waals surface area contributed by atoms with Crippen LogP contribution in [0, 0.1) is 12.8 Å². The van der Waals surface area contributed by atoms with Crippen molar-refractivity contribution in [1.82, 2.24) is 5.32 Å². The Morgan fingerprint density at radius 3 is 2.55 bits per heavy atom. The Bertz CT molecular complexity index is 362. The molecule has 0 heterocycles. The van der Waals surface area contributed by atoms with Gasteiger partial charge in [0.2, 0.25) is 0 Å². The van der Waals surface area contributed by atoms with Gasteiger partial charge in [0.05, 0.1) is 0 Å². The first-order valence-corrected chi connectivity index (χ1v) is 7.90. The minimum Gasteiger partial charge on any atom is -0.385 e. The van der Waals surface area contributed by atoms with Crippen molar-refractivity contribution in [3.63, 3.8) is 0 Å². The molecule has 20 heavy (non-hydrogen) atoms. The predicted molar refractivity (Wildman–Crippen MR) is 87.2 cm³/mol. The molecule has 0 amide bonds. The van der Waals surface area contributed by atoms with E-state index in [4.69, 9.17) is 4.74 Å². The van der Waals surface area contributed by atoms with Crippen LogP contribution < -0.4 is 5.32 Å². The number of hydrogen-bond acceptors (Lipinski definition) is 2. The summed E-state index contributed by atoms with van der Waals surface area (Å²) in [5.41, 5.74) is 2.91. The molecule has 0 bridgehead atoms. The Hall–Kier alpha value is -0.860. The Morgan fingerprint density at radius 1 is 1.15 bits per heavy atom. The van der Waals surface area contributed by atoms with Crippen LogP contribution in [0.15, 0.2) is 24.3 Å². The van der Waals surface area contributed by atoms with E-state index in [0.29, 0.717) is 6.04 Å². The Labute approximate surface area is 124 Å². The lowest BCUT2D eigenvalue weighted by atomic mass is 9.92. The summed E-state index contributed by atoms with van der Waals surface area (Å²) < 4.78 is 5.14. The molecular formula is C18H31NO. The first-order chi connectivity index (χ1) is 9.63. The van der Waals surface area contributed by atoms with Crippen molar-refractivity contribution in [2.24, 2.45) is 5.92 Å². The first kappa shape index (κ1) is 17.2. The van der Waals surface area contributed by atoms with Crippen molar-refractivity contribution in [2.75, 3.05) is 20.3 Å². The third kappa shape index (κ3) is 7.06.